The Labute approximate surface area is 111 Å². The van der Waals surface area contributed by atoms with Gasteiger partial charge in [-0.2, -0.15) is 0 Å². The van der Waals surface area contributed by atoms with Crippen LogP contribution in [0.25, 0.3) is 10.9 Å². The van der Waals surface area contributed by atoms with Gasteiger partial charge in [-0.25, -0.2) is 0 Å². The Hall–Kier alpha value is -1.26. The molecule has 0 radical (unpaired) electrons. The number of hydrogen-bond acceptors (Lipinski definition) is 2. The first kappa shape index (κ1) is 13.2. The number of fused-ring (bicyclic) bond motifs is 1. The molecule has 1 aromatic heterocycles. The molecule has 18 heavy (non-hydrogen) atoms. The summed E-state index contributed by atoms with van der Waals surface area (Å²) in [6.45, 7) is 5.76. The molecule has 0 fully saturated rings. The first-order valence-corrected chi connectivity index (χ1v) is 7.00. The third-order valence-corrected chi connectivity index (χ3v) is 4.12. The van der Waals surface area contributed by atoms with E-state index in [1.807, 2.05) is 46.1 Å². The Kier molecular flexibility index (Phi) is 3.50. The van der Waals surface area contributed by atoms with Crippen molar-refractivity contribution in [3.8, 4) is 0 Å². The van der Waals surface area contributed by atoms with Crippen LogP contribution < -0.4 is 0 Å². The minimum atomic E-state index is -1.21. The van der Waals surface area contributed by atoms with Crippen LogP contribution in [0.5, 0.6) is 0 Å². The van der Waals surface area contributed by atoms with Crippen molar-refractivity contribution >= 4 is 28.5 Å². The summed E-state index contributed by atoms with van der Waals surface area (Å²) >= 11 is -1.21. The highest BCUT2D eigenvalue weighted by Gasteiger charge is 2.25. The molecule has 3 nitrogen and oxygen atoms in total. The Bertz CT molecular complexity index is 581. The summed E-state index contributed by atoms with van der Waals surface area (Å²) in [5.41, 5.74) is 2.16. The second-order valence-corrected chi connectivity index (χ2v) is 7.24. The maximum atomic E-state index is 11.9. The van der Waals surface area contributed by atoms with E-state index in [0.29, 0.717) is 0 Å². The van der Waals surface area contributed by atoms with Crippen LogP contribution in [0.15, 0.2) is 34.9 Å². The Morgan fingerprint density at radius 3 is 2.67 bits per heavy atom. The lowest BCUT2D eigenvalue weighted by Gasteiger charge is -2.17. The summed E-state index contributed by atoms with van der Waals surface area (Å²) in [5.74, 6) is 0. The van der Waals surface area contributed by atoms with E-state index in [-0.39, 0.29) is 4.75 Å². The lowest BCUT2D eigenvalue weighted by molar-refractivity contribution is 0.562. The number of aromatic nitrogens is 1. The van der Waals surface area contributed by atoms with Crippen LogP contribution in [-0.2, 0) is 18.4 Å². The Morgan fingerprint density at radius 2 is 2.00 bits per heavy atom. The van der Waals surface area contributed by atoms with Crippen LogP contribution in [0.4, 0.5) is 0 Å². The summed E-state index contributed by atoms with van der Waals surface area (Å²) in [4.78, 5) is 0. The molecule has 0 saturated carbocycles. The molecule has 0 bridgehead atoms. The van der Waals surface area contributed by atoms with Crippen LogP contribution >= 0.6 is 0 Å². The van der Waals surface area contributed by atoms with Crippen molar-refractivity contribution in [1.29, 1.82) is 0 Å². The minimum absolute atomic E-state index is 0.318. The van der Waals surface area contributed by atoms with E-state index in [1.165, 1.54) is 0 Å². The zero-order chi connectivity index (χ0) is 13.3. The first-order chi connectivity index (χ1) is 8.39. The third kappa shape index (κ3) is 2.60. The summed E-state index contributed by atoms with van der Waals surface area (Å²) in [7, 11) is 2.01. The highest BCUT2D eigenvalue weighted by atomic mass is 32.2. The summed E-state index contributed by atoms with van der Waals surface area (Å²) in [6, 6.07) is 8.10. The fourth-order valence-corrected chi connectivity index (χ4v) is 2.23. The van der Waals surface area contributed by atoms with Crippen molar-refractivity contribution in [3.05, 3.63) is 36.0 Å². The molecule has 0 amide bonds. The summed E-state index contributed by atoms with van der Waals surface area (Å²) in [5, 5.41) is 1.13. The van der Waals surface area contributed by atoms with Crippen molar-refractivity contribution in [3.63, 3.8) is 0 Å². The van der Waals surface area contributed by atoms with Gasteiger partial charge in [0.15, 0.2) is 0 Å². The van der Waals surface area contributed by atoms with Crippen LogP contribution in [0.1, 0.15) is 26.3 Å². The molecule has 0 aliphatic rings. The number of nitrogens with zero attached hydrogens (tertiary/aromatic N) is 2. The average Bonchev–Trinajstić information content (AvgIpc) is 2.67. The molecule has 4 heteroatoms. The highest BCUT2D eigenvalue weighted by molar-refractivity contribution is 7.91. The van der Waals surface area contributed by atoms with E-state index in [4.69, 9.17) is 0 Å². The van der Waals surface area contributed by atoms with Crippen LogP contribution in [0.2, 0.25) is 0 Å². The highest BCUT2D eigenvalue weighted by Crippen LogP contribution is 2.20. The number of hydrogen-bond donors (Lipinski definition) is 0. The van der Waals surface area contributed by atoms with E-state index >= 15 is 0 Å². The standard InChI is InChI=1S/C14H18N2OS/c1-14(2,3)18(17)15-10-11-6-5-7-13-12(11)8-9-16(13)4/h5-10H,1-4H3/b15-10+. The van der Waals surface area contributed by atoms with E-state index in [2.05, 4.69) is 21.1 Å². The van der Waals surface area contributed by atoms with E-state index in [9.17, 15) is 4.55 Å². The molecule has 2 rings (SSSR count). The van der Waals surface area contributed by atoms with Crippen molar-refractivity contribution < 1.29 is 4.55 Å². The van der Waals surface area contributed by atoms with Gasteiger partial charge in [-0.1, -0.05) is 16.5 Å². The minimum Gasteiger partial charge on any atom is -0.591 e. The molecule has 2 aromatic rings. The van der Waals surface area contributed by atoms with Crippen LogP contribution in [0.3, 0.4) is 0 Å². The SMILES string of the molecule is Cn1ccc2c(/C=N/[S+]([O-])C(C)(C)C)cccc21. The molecule has 0 aliphatic heterocycles. The van der Waals surface area contributed by atoms with E-state index in [0.717, 1.165) is 16.5 Å². The predicted octanol–water partition coefficient (Wildman–Crippen LogP) is 3.06. The lowest BCUT2D eigenvalue weighted by Crippen LogP contribution is -2.25. The number of benzene rings is 1. The van der Waals surface area contributed by atoms with E-state index < -0.39 is 11.4 Å². The van der Waals surface area contributed by atoms with Crippen molar-refractivity contribution in [2.75, 3.05) is 0 Å². The normalized spacial score (nSPS) is 14.5. The fourth-order valence-electron chi connectivity index (χ4n) is 1.70. The molecular formula is C14H18N2OS. The zero-order valence-corrected chi connectivity index (χ0v) is 12.0. The molecule has 0 N–H and O–H groups in total. The summed E-state index contributed by atoms with van der Waals surface area (Å²) < 4.78 is 17.8. The molecule has 0 saturated heterocycles. The number of aryl methyl sites for hydroxylation is 1. The van der Waals surface area contributed by atoms with Crippen molar-refractivity contribution in [2.24, 2.45) is 11.4 Å². The van der Waals surface area contributed by atoms with Crippen molar-refractivity contribution in [1.82, 2.24) is 4.57 Å². The molecule has 0 spiro atoms. The van der Waals surface area contributed by atoms with E-state index in [1.54, 1.807) is 6.21 Å². The topological polar surface area (TPSA) is 40.3 Å². The zero-order valence-electron chi connectivity index (χ0n) is 11.2. The number of rotatable bonds is 2. The fraction of sp³-hybridized carbons (Fsp3) is 0.357. The lowest BCUT2D eigenvalue weighted by atomic mass is 10.1. The summed E-state index contributed by atoms with van der Waals surface area (Å²) in [6.07, 6.45) is 3.73. The monoisotopic (exact) mass is 262 g/mol. The van der Waals surface area contributed by atoms with Gasteiger partial charge < -0.3 is 9.12 Å². The smallest absolute Gasteiger partial charge is 0.144 e. The molecule has 1 unspecified atom stereocenters. The van der Waals surface area contributed by atoms with Gasteiger partial charge in [0.1, 0.15) is 16.1 Å². The van der Waals surface area contributed by atoms with Crippen LogP contribution in [0, 0.1) is 0 Å². The van der Waals surface area contributed by atoms with Gasteiger partial charge in [0, 0.05) is 29.7 Å². The van der Waals surface area contributed by atoms with Gasteiger partial charge in [-0.15, -0.1) is 0 Å². The van der Waals surface area contributed by atoms with Crippen LogP contribution in [-0.4, -0.2) is 20.1 Å². The van der Waals surface area contributed by atoms with Gasteiger partial charge in [0.05, 0.1) is 6.21 Å². The third-order valence-electron chi connectivity index (χ3n) is 2.77. The Balaban J connectivity index is 2.35. The molecule has 1 atom stereocenters. The second-order valence-electron chi connectivity index (χ2n) is 5.30. The van der Waals surface area contributed by atoms with Gasteiger partial charge in [-0.3, -0.25) is 0 Å². The van der Waals surface area contributed by atoms with Gasteiger partial charge >= 0.3 is 0 Å². The average molecular weight is 262 g/mol. The molecule has 1 heterocycles. The molecule has 1 aromatic carbocycles. The Morgan fingerprint density at radius 1 is 1.28 bits per heavy atom. The largest absolute Gasteiger partial charge is 0.591 e. The first-order valence-electron chi connectivity index (χ1n) is 5.90. The second kappa shape index (κ2) is 4.78. The molecular weight excluding hydrogens is 244 g/mol. The predicted molar refractivity (Wildman–Crippen MR) is 78.4 cm³/mol. The molecule has 0 aliphatic carbocycles. The molecule has 96 valence electrons. The van der Waals surface area contributed by atoms with Gasteiger partial charge in [0.25, 0.3) is 0 Å². The van der Waals surface area contributed by atoms with Gasteiger partial charge in [0.2, 0.25) is 0 Å². The maximum Gasteiger partial charge on any atom is 0.144 e. The quantitative estimate of drug-likeness (QED) is 0.605. The van der Waals surface area contributed by atoms with Crippen molar-refractivity contribution in [2.45, 2.75) is 25.5 Å². The maximum absolute atomic E-state index is 11.9. The van der Waals surface area contributed by atoms with Gasteiger partial charge in [-0.05, 0) is 32.9 Å².